The van der Waals surface area contributed by atoms with E-state index in [0.717, 1.165) is 24.8 Å². The van der Waals surface area contributed by atoms with Crippen LogP contribution in [-0.2, 0) is 14.8 Å². The molecule has 1 aliphatic heterocycles. The molecule has 0 aromatic heterocycles. The number of nitrogens with one attached hydrogen (secondary N) is 1. The first-order chi connectivity index (χ1) is 14.8. The molecule has 3 rings (SSSR count). The van der Waals surface area contributed by atoms with Crippen LogP contribution in [0.5, 0.6) is 11.5 Å². The van der Waals surface area contributed by atoms with Crippen molar-refractivity contribution in [2.24, 2.45) is 0 Å². The summed E-state index contributed by atoms with van der Waals surface area (Å²) >= 11 is 6.24. The molecule has 31 heavy (non-hydrogen) atoms. The monoisotopic (exact) mass is 466 g/mol. The summed E-state index contributed by atoms with van der Waals surface area (Å²) in [5.74, 6) is 0.601. The van der Waals surface area contributed by atoms with E-state index in [1.54, 1.807) is 7.11 Å². The van der Waals surface area contributed by atoms with Crippen molar-refractivity contribution in [3.8, 4) is 11.5 Å². The summed E-state index contributed by atoms with van der Waals surface area (Å²) < 4.78 is 37.9. The number of hydrogen-bond donors (Lipinski definition) is 1. The number of sulfonamides is 1. The van der Waals surface area contributed by atoms with Crippen LogP contribution in [0.3, 0.4) is 0 Å². The largest absolute Gasteiger partial charge is 0.496 e. The number of carbonyl (C=O) groups is 1. The van der Waals surface area contributed by atoms with Crippen LogP contribution in [0.4, 0.5) is 0 Å². The number of carbonyl (C=O) groups excluding carboxylic acids is 1. The van der Waals surface area contributed by atoms with Gasteiger partial charge in [0, 0.05) is 18.7 Å². The van der Waals surface area contributed by atoms with Gasteiger partial charge in [0.25, 0.3) is 5.91 Å². The smallest absolute Gasteiger partial charge is 0.258 e. The van der Waals surface area contributed by atoms with Gasteiger partial charge >= 0.3 is 0 Å². The van der Waals surface area contributed by atoms with Gasteiger partial charge in [-0.05, 0) is 44.0 Å². The molecule has 0 radical (unpaired) electrons. The Morgan fingerprint density at radius 3 is 2.52 bits per heavy atom. The highest BCUT2D eigenvalue weighted by atomic mass is 35.5. The Hall–Kier alpha value is -2.29. The molecule has 0 saturated carbocycles. The fraction of sp³-hybridized carbons (Fsp3) is 0.409. The molecule has 168 valence electrons. The summed E-state index contributed by atoms with van der Waals surface area (Å²) in [5.41, 5.74) is 0.851. The van der Waals surface area contributed by atoms with E-state index >= 15 is 0 Å². The van der Waals surface area contributed by atoms with E-state index in [1.165, 1.54) is 22.5 Å². The average Bonchev–Trinajstić information content (AvgIpc) is 2.78. The molecule has 1 saturated heterocycles. The Morgan fingerprint density at radius 1 is 1.13 bits per heavy atom. The van der Waals surface area contributed by atoms with Crippen LogP contribution >= 0.6 is 11.6 Å². The molecule has 0 aliphatic carbocycles. The number of amides is 1. The third-order valence-corrected chi connectivity index (χ3v) is 7.39. The topological polar surface area (TPSA) is 84.9 Å². The maximum atomic E-state index is 12.8. The molecule has 1 N–H and O–H groups in total. The lowest BCUT2D eigenvalue weighted by Crippen LogP contribution is -2.35. The van der Waals surface area contributed by atoms with Gasteiger partial charge in [0.15, 0.2) is 6.61 Å². The standard InChI is InChI=1S/C22H27ClN2O5S/c1-16(18-8-4-5-9-20(18)29-2)24-22(26)15-30-21-11-10-17(14-19(21)23)31(27,28)25-12-6-3-7-13-25/h4-5,8-11,14,16H,3,6-7,12-13,15H2,1-2H3,(H,24,26). The molecule has 1 unspecified atom stereocenters. The SMILES string of the molecule is COc1ccccc1C(C)NC(=O)COc1ccc(S(=O)(=O)N2CCCCC2)cc1Cl. The summed E-state index contributed by atoms with van der Waals surface area (Å²) in [7, 11) is -2.01. The second-order valence-electron chi connectivity index (χ2n) is 7.38. The number of ether oxygens (including phenoxy) is 2. The van der Waals surface area contributed by atoms with E-state index in [-0.39, 0.29) is 34.2 Å². The van der Waals surface area contributed by atoms with Crippen LogP contribution in [0.2, 0.25) is 5.02 Å². The minimum absolute atomic E-state index is 0.126. The van der Waals surface area contributed by atoms with E-state index in [9.17, 15) is 13.2 Å². The lowest BCUT2D eigenvalue weighted by atomic mass is 10.1. The van der Waals surface area contributed by atoms with Crippen molar-refractivity contribution in [2.45, 2.75) is 37.1 Å². The molecule has 1 amide bonds. The maximum absolute atomic E-state index is 12.8. The number of para-hydroxylation sites is 1. The van der Waals surface area contributed by atoms with Crippen LogP contribution in [0.1, 0.15) is 37.8 Å². The van der Waals surface area contributed by atoms with E-state index in [1.807, 2.05) is 31.2 Å². The lowest BCUT2D eigenvalue weighted by Gasteiger charge is -2.26. The molecule has 0 spiro atoms. The molecule has 1 aliphatic rings. The predicted octanol–water partition coefficient (Wildman–Crippen LogP) is 3.78. The van der Waals surface area contributed by atoms with Gasteiger partial charge < -0.3 is 14.8 Å². The summed E-state index contributed by atoms with van der Waals surface area (Å²) in [6, 6.07) is 11.5. The average molecular weight is 467 g/mol. The number of methoxy groups -OCH3 is 1. The Morgan fingerprint density at radius 2 is 1.84 bits per heavy atom. The zero-order chi connectivity index (χ0) is 22.4. The van der Waals surface area contributed by atoms with Gasteiger partial charge in [-0.25, -0.2) is 8.42 Å². The third-order valence-electron chi connectivity index (χ3n) is 5.20. The van der Waals surface area contributed by atoms with Gasteiger partial charge in [-0.15, -0.1) is 0 Å². The highest BCUT2D eigenvalue weighted by Crippen LogP contribution is 2.30. The van der Waals surface area contributed by atoms with Crippen molar-refractivity contribution in [1.82, 2.24) is 9.62 Å². The molecule has 0 bridgehead atoms. The zero-order valence-corrected chi connectivity index (χ0v) is 19.2. The molecule has 2 aromatic carbocycles. The van der Waals surface area contributed by atoms with Crippen LogP contribution in [-0.4, -0.2) is 45.4 Å². The van der Waals surface area contributed by atoms with Crippen LogP contribution in [0, 0.1) is 0 Å². The quantitative estimate of drug-likeness (QED) is 0.640. The second kappa shape index (κ2) is 10.3. The summed E-state index contributed by atoms with van der Waals surface area (Å²) in [5, 5.41) is 2.99. The molecule has 9 heteroatoms. The van der Waals surface area contributed by atoms with Gasteiger partial charge in [-0.3, -0.25) is 4.79 Å². The zero-order valence-electron chi connectivity index (χ0n) is 17.6. The van der Waals surface area contributed by atoms with Crippen molar-refractivity contribution in [3.63, 3.8) is 0 Å². The van der Waals surface area contributed by atoms with Gasteiger partial charge in [0.1, 0.15) is 11.5 Å². The minimum Gasteiger partial charge on any atom is -0.496 e. The Balaban J connectivity index is 1.61. The molecular weight excluding hydrogens is 440 g/mol. The number of hydrogen-bond acceptors (Lipinski definition) is 5. The van der Waals surface area contributed by atoms with Crippen molar-refractivity contribution >= 4 is 27.5 Å². The normalized spacial score (nSPS) is 15.8. The fourth-order valence-corrected chi connectivity index (χ4v) is 5.39. The van der Waals surface area contributed by atoms with E-state index in [4.69, 9.17) is 21.1 Å². The summed E-state index contributed by atoms with van der Waals surface area (Å²) in [6.45, 7) is 2.63. The first-order valence-corrected chi connectivity index (χ1v) is 12.0. The molecule has 2 aromatic rings. The molecular formula is C22H27ClN2O5S. The van der Waals surface area contributed by atoms with Crippen molar-refractivity contribution in [1.29, 1.82) is 0 Å². The molecule has 1 atom stereocenters. The Labute approximate surface area is 188 Å². The first kappa shape index (κ1) is 23.4. The third kappa shape index (κ3) is 5.70. The molecule has 7 nitrogen and oxygen atoms in total. The highest BCUT2D eigenvalue weighted by Gasteiger charge is 2.26. The summed E-state index contributed by atoms with van der Waals surface area (Å²) in [6.07, 6.45) is 2.75. The van der Waals surface area contributed by atoms with Gasteiger partial charge in [0.2, 0.25) is 10.0 Å². The van der Waals surface area contributed by atoms with E-state index < -0.39 is 10.0 Å². The van der Waals surface area contributed by atoms with Crippen LogP contribution < -0.4 is 14.8 Å². The van der Waals surface area contributed by atoms with Crippen LogP contribution in [0.25, 0.3) is 0 Å². The highest BCUT2D eigenvalue weighted by molar-refractivity contribution is 7.89. The van der Waals surface area contributed by atoms with E-state index in [0.29, 0.717) is 18.8 Å². The van der Waals surface area contributed by atoms with Gasteiger partial charge in [-0.1, -0.05) is 36.2 Å². The van der Waals surface area contributed by atoms with Crippen molar-refractivity contribution in [2.75, 3.05) is 26.8 Å². The van der Waals surface area contributed by atoms with Crippen LogP contribution in [0.15, 0.2) is 47.4 Å². The maximum Gasteiger partial charge on any atom is 0.258 e. The Kier molecular flexibility index (Phi) is 7.80. The number of piperidine rings is 1. The van der Waals surface area contributed by atoms with Gasteiger partial charge in [-0.2, -0.15) is 4.31 Å². The minimum atomic E-state index is -3.58. The number of benzene rings is 2. The first-order valence-electron chi connectivity index (χ1n) is 10.2. The van der Waals surface area contributed by atoms with Crippen molar-refractivity contribution in [3.05, 3.63) is 53.1 Å². The predicted molar refractivity (Wildman–Crippen MR) is 119 cm³/mol. The fourth-order valence-electron chi connectivity index (χ4n) is 3.54. The molecule has 1 fully saturated rings. The molecule has 1 heterocycles. The van der Waals surface area contributed by atoms with Gasteiger partial charge in [0.05, 0.1) is 23.1 Å². The second-order valence-corrected chi connectivity index (χ2v) is 9.72. The summed E-state index contributed by atoms with van der Waals surface area (Å²) in [4.78, 5) is 12.4. The van der Waals surface area contributed by atoms with Crippen molar-refractivity contribution < 1.29 is 22.7 Å². The number of halogens is 1. The number of nitrogens with zero attached hydrogens (tertiary/aromatic N) is 1. The number of rotatable bonds is 8. The Bertz CT molecular complexity index is 1020. The lowest BCUT2D eigenvalue weighted by molar-refractivity contribution is -0.123. The van der Waals surface area contributed by atoms with E-state index in [2.05, 4.69) is 5.32 Å².